The zero-order valence-electron chi connectivity index (χ0n) is 8.79. The van der Waals surface area contributed by atoms with E-state index < -0.39 is 0 Å². The summed E-state index contributed by atoms with van der Waals surface area (Å²) >= 11 is 0. The van der Waals surface area contributed by atoms with Crippen molar-refractivity contribution in [3.63, 3.8) is 0 Å². The molecule has 0 aromatic carbocycles. The molecule has 0 aromatic heterocycles. The Balaban J connectivity index is 2.08. The molecule has 2 heteroatoms. The number of hydrogen-bond donors (Lipinski definition) is 1. The molecule has 0 bridgehead atoms. The third kappa shape index (κ3) is 2.26. The second-order valence-electron chi connectivity index (χ2n) is 3.95. The van der Waals surface area contributed by atoms with Crippen LogP contribution in [0.3, 0.4) is 0 Å². The van der Waals surface area contributed by atoms with Crippen molar-refractivity contribution < 1.29 is 0 Å². The van der Waals surface area contributed by atoms with Crippen LogP contribution >= 0.6 is 0 Å². The van der Waals surface area contributed by atoms with Gasteiger partial charge >= 0.3 is 0 Å². The third-order valence-electron chi connectivity index (χ3n) is 2.75. The zero-order valence-corrected chi connectivity index (χ0v) is 8.79. The average molecular weight is 190 g/mol. The molecule has 1 fully saturated rings. The van der Waals surface area contributed by atoms with E-state index in [-0.39, 0.29) is 0 Å². The molecule has 0 amide bonds. The molecule has 0 radical (unpaired) electrons. The minimum atomic E-state index is 1.09. The normalized spacial score (nSPS) is 22.8. The van der Waals surface area contributed by atoms with Crippen LogP contribution in [-0.4, -0.2) is 31.1 Å². The number of hydrogen-bond acceptors (Lipinski definition) is 2. The largest absolute Gasteiger partial charge is 0.369 e. The highest BCUT2D eigenvalue weighted by molar-refractivity contribution is 5.29. The topological polar surface area (TPSA) is 15.3 Å². The van der Waals surface area contributed by atoms with Crippen molar-refractivity contribution >= 4 is 0 Å². The molecule has 1 saturated heterocycles. The fraction of sp³-hybridized carbons (Fsp3) is 0.500. The third-order valence-corrected chi connectivity index (χ3v) is 2.75. The van der Waals surface area contributed by atoms with E-state index in [0.29, 0.717) is 0 Å². The van der Waals surface area contributed by atoms with Gasteiger partial charge in [0.15, 0.2) is 0 Å². The Hall–Kier alpha value is -1.02. The second-order valence-corrected chi connectivity index (χ2v) is 3.95. The fourth-order valence-corrected chi connectivity index (χ4v) is 1.85. The summed E-state index contributed by atoms with van der Waals surface area (Å²) in [5, 5.41) is 3.37. The van der Waals surface area contributed by atoms with Crippen LogP contribution in [-0.2, 0) is 0 Å². The second kappa shape index (κ2) is 4.47. The maximum absolute atomic E-state index is 3.37. The van der Waals surface area contributed by atoms with Crippen molar-refractivity contribution in [2.75, 3.05) is 26.2 Å². The standard InChI is InChI=1S/C12H18N2/c1-11-3-2-4-12(6-5-11)14-9-7-13-8-10-14/h2,4-6,13H,3,7-10H2,1H3. The lowest BCUT2D eigenvalue weighted by molar-refractivity contribution is 0.307. The predicted molar refractivity (Wildman–Crippen MR) is 60.0 cm³/mol. The van der Waals surface area contributed by atoms with Gasteiger partial charge in [0, 0.05) is 31.9 Å². The lowest BCUT2D eigenvalue weighted by Gasteiger charge is -2.30. The molecule has 1 N–H and O–H groups in total. The molecule has 0 saturated carbocycles. The van der Waals surface area contributed by atoms with Crippen LogP contribution in [0, 0.1) is 0 Å². The van der Waals surface area contributed by atoms with E-state index in [9.17, 15) is 0 Å². The molecular weight excluding hydrogens is 172 g/mol. The summed E-state index contributed by atoms with van der Waals surface area (Å²) in [7, 11) is 0. The maximum Gasteiger partial charge on any atom is 0.0363 e. The van der Waals surface area contributed by atoms with E-state index in [2.05, 4.69) is 41.4 Å². The molecule has 2 aliphatic rings. The monoisotopic (exact) mass is 190 g/mol. The smallest absolute Gasteiger partial charge is 0.0363 e. The molecule has 1 heterocycles. The van der Waals surface area contributed by atoms with E-state index in [0.717, 1.165) is 32.6 Å². The first-order valence-corrected chi connectivity index (χ1v) is 5.36. The lowest BCUT2D eigenvalue weighted by atomic mass is 10.2. The van der Waals surface area contributed by atoms with E-state index in [1.54, 1.807) is 0 Å². The van der Waals surface area contributed by atoms with Gasteiger partial charge in [-0.1, -0.05) is 17.7 Å². The molecule has 1 aliphatic heterocycles. The first kappa shape index (κ1) is 9.53. The minimum Gasteiger partial charge on any atom is -0.369 e. The van der Waals surface area contributed by atoms with E-state index >= 15 is 0 Å². The molecule has 2 rings (SSSR count). The Bertz CT molecular complexity index is 281. The quantitative estimate of drug-likeness (QED) is 0.677. The zero-order chi connectivity index (χ0) is 9.80. The molecule has 1 aliphatic carbocycles. The highest BCUT2D eigenvalue weighted by atomic mass is 15.2. The van der Waals surface area contributed by atoms with Crippen LogP contribution in [0.1, 0.15) is 13.3 Å². The Morgan fingerprint density at radius 2 is 2.00 bits per heavy atom. The maximum atomic E-state index is 3.37. The molecular formula is C12H18N2. The highest BCUT2D eigenvalue weighted by Gasteiger charge is 2.10. The van der Waals surface area contributed by atoms with Crippen LogP contribution in [0.2, 0.25) is 0 Å². The Morgan fingerprint density at radius 1 is 1.21 bits per heavy atom. The van der Waals surface area contributed by atoms with Gasteiger partial charge in [-0.05, 0) is 25.5 Å². The van der Waals surface area contributed by atoms with Gasteiger partial charge in [-0.15, -0.1) is 0 Å². The molecule has 76 valence electrons. The summed E-state index contributed by atoms with van der Waals surface area (Å²) in [5.74, 6) is 0. The Kier molecular flexibility index (Phi) is 3.04. The van der Waals surface area contributed by atoms with E-state index in [1.165, 1.54) is 11.3 Å². The fourth-order valence-electron chi connectivity index (χ4n) is 1.85. The van der Waals surface area contributed by atoms with Crippen molar-refractivity contribution in [1.82, 2.24) is 10.2 Å². The summed E-state index contributed by atoms with van der Waals surface area (Å²) in [6, 6.07) is 0. The van der Waals surface area contributed by atoms with Gasteiger partial charge in [0.2, 0.25) is 0 Å². The number of rotatable bonds is 1. The van der Waals surface area contributed by atoms with Gasteiger partial charge in [0.25, 0.3) is 0 Å². The number of nitrogens with one attached hydrogen (secondary N) is 1. The van der Waals surface area contributed by atoms with Crippen molar-refractivity contribution in [2.45, 2.75) is 13.3 Å². The van der Waals surface area contributed by atoms with Gasteiger partial charge in [-0.2, -0.15) is 0 Å². The Morgan fingerprint density at radius 3 is 2.79 bits per heavy atom. The summed E-state index contributed by atoms with van der Waals surface area (Å²) in [6.07, 6.45) is 10.1. The van der Waals surface area contributed by atoms with E-state index in [4.69, 9.17) is 0 Å². The summed E-state index contributed by atoms with van der Waals surface area (Å²) in [4.78, 5) is 2.45. The van der Waals surface area contributed by atoms with E-state index in [1.807, 2.05) is 0 Å². The summed E-state index contributed by atoms with van der Waals surface area (Å²) < 4.78 is 0. The van der Waals surface area contributed by atoms with Gasteiger partial charge in [0.1, 0.15) is 0 Å². The SMILES string of the molecule is CC1=CC=C(N2CCNCC2)C=CC1. The molecule has 2 nitrogen and oxygen atoms in total. The highest BCUT2D eigenvalue weighted by Crippen LogP contribution is 2.14. The van der Waals surface area contributed by atoms with Gasteiger partial charge < -0.3 is 10.2 Å². The first-order valence-electron chi connectivity index (χ1n) is 5.36. The van der Waals surface area contributed by atoms with Gasteiger partial charge in [-0.3, -0.25) is 0 Å². The van der Waals surface area contributed by atoms with Crippen molar-refractivity contribution in [3.8, 4) is 0 Å². The molecule has 0 unspecified atom stereocenters. The molecule has 14 heavy (non-hydrogen) atoms. The first-order chi connectivity index (χ1) is 6.86. The predicted octanol–water partition coefficient (Wildman–Crippen LogP) is 1.68. The lowest BCUT2D eigenvalue weighted by Crippen LogP contribution is -2.42. The molecule has 0 aromatic rings. The van der Waals surface area contributed by atoms with Crippen molar-refractivity contribution in [3.05, 3.63) is 35.6 Å². The number of allylic oxidation sites excluding steroid dienone is 5. The number of piperazine rings is 1. The molecule has 0 spiro atoms. The van der Waals surface area contributed by atoms with Crippen molar-refractivity contribution in [2.24, 2.45) is 0 Å². The van der Waals surface area contributed by atoms with Gasteiger partial charge in [0.05, 0.1) is 0 Å². The van der Waals surface area contributed by atoms with Crippen molar-refractivity contribution in [1.29, 1.82) is 0 Å². The minimum absolute atomic E-state index is 1.09. The van der Waals surface area contributed by atoms with Crippen LogP contribution < -0.4 is 5.32 Å². The van der Waals surface area contributed by atoms with Crippen LogP contribution in [0.25, 0.3) is 0 Å². The van der Waals surface area contributed by atoms with Crippen LogP contribution in [0.4, 0.5) is 0 Å². The van der Waals surface area contributed by atoms with Crippen LogP contribution in [0.5, 0.6) is 0 Å². The van der Waals surface area contributed by atoms with Gasteiger partial charge in [-0.25, -0.2) is 0 Å². The summed E-state index contributed by atoms with van der Waals surface area (Å²) in [5.41, 5.74) is 2.80. The average Bonchev–Trinajstić information content (AvgIpc) is 2.44. The Labute approximate surface area is 86.0 Å². The summed E-state index contributed by atoms with van der Waals surface area (Å²) in [6.45, 7) is 6.65. The number of nitrogens with zero attached hydrogens (tertiary/aromatic N) is 1. The van der Waals surface area contributed by atoms with Crippen LogP contribution in [0.15, 0.2) is 35.6 Å². The molecule has 0 atom stereocenters.